The van der Waals surface area contributed by atoms with E-state index < -0.39 is 0 Å². The van der Waals surface area contributed by atoms with Crippen LogP contribution < -0.4 is 5.32 Å². The largest absolute Gasteiger partial charge is 0.469 e. The summed E-state index contributed by atoms with van der Waals surface area (Å²) in [5.41, 5.74) is 2.13. The molecule has 0 aliphatic rings. The first-order valence-electron chi connectivity index (χ1n) is 7.32. The lowest BCUT2D eigenvalue weighted by molar-refractivity contribution is -0.145. The molecule has 2 rings (SSSR count). The Morgan fingerprint density at radius 2 is 2.00 bits per heavy atom. The van der Waals surface area contributed by atoms with Gasteiger partial charge in [-0.25, -0.2) is 4.98 Å². The van der Waals surface area contributed by atoms with Crippen molar-refractivity contribution in [2.75, 3.05) is 7.11 Å². The number of methoxy groups -OCH3 is 1. The molecule has 0 aliphatic carbocycles. The summed E-state index contributed by atoms with van der Waals surface area (Å²) < 4.78 is 4.91. The summed E-state index contributed by atoms with van der Waals surface area (Å²) >= 11 is 1.69. The van der Waals surface area contributed by atoms with Gasteiger partial charge >= 0.3 is 5.97 Å². The number of hydrogen-bond acceptors (Lipinski definition) is 5. The SMILES string of the molecule is COC(=O)[C@@H](C)[C@H](NCc1sc(C)nc1C)c1ccccc1. The van der Waals surface area contributed by atoms with Crippen molar-refractivity contribution >= 4 is 17.3 Å². The normalized spacial score (nSPS) is 13.6. The molecule has 1 heterocycles. The molecule has 0 fully saturated rings. The van der Waals surface area contributed by atoms with Crippen molar-refractivity contribution in [2.45, 2.75) is 33.4 Å². The molecule has 0 saturated heterocycles. The first-order valence-corrected chi connectivity index (χ1v) is 8.13. The molecule has 0 amide bonds. The first kappa shape index (κ1) is 16.6. The van der Waals surface area contributed by atoms with Crippen LogP contribution in [0.25, 0.3) is 0 Å². The van der Waals surface area contributed by atoms with Crippen LogP contribution >= 0.6 is 11.3 Å². The van der Waals surface area contributed by atoms with Crippen LogP contribution in [0.15, 0.2) is 30.3 Å². The van der Waals surface area contributed by atoms with Crippen molar-refractivity contribution in [1.29, 1.82) is 0 Å². The van der Waals surface area contributed by atoms with Crippen molar-refractivity contribution in [2.24, 2.45) is 5.92 Å². The molecule has 2 aromatic rings. The van der Waals surface area contributed by atoms with E-state index in [0.29, 0.717) is 6.54 Å². The molecule has 5 heteroatoms. The maximum atomic E-state index is 11.9. The molecule has 118 valence electrons. The van der Waals surface area contributed by atoms with Crippen LogP contribution in [-0.2, 0) is 16.1 Å². The highest BCUT2D eigenvalue weighted by Crippen LogP contribution is 2.25. The lowest BCUT2D eigenvalue weighted by atomic mass is 9.94. The van der Waals surface area contributed by atoms with Crippen LogP contribution in [-0.4, -0.2) is 18.1 Å². The van der Waals surface area contributed by atoms with Crippen molar-refractivity contribution < 1.29 is 9.53 Å². The molecule has 0 saturated carbocycles. The number of nitrogens with zero attached hydrogens (tertiary/aromatic N) is 1. The lowest BCUT2D eigenvalue weighted by Gasteiger charge is -2.24. The molecule has 0 bridgehead atoms. The van der Waals surface area contributed by atoms with Crippen molar-refractivity contribution in [3.8, 4) is 0 Å². The van der Waals surface area contributed by atoms with Gasteiger partial charge in [0.25, 0.3) is 0 Å². The second kappa shape index (κ2) is 7.51. The number of rotatable bonds is 6. The molecule has 0 aliphatic heterocycles. The van der Waals surface area contributed by atoms with Gasteiger partial charge in [0.05, 0.1) is 23.7 Å². The van der Waals surface area contributed by atoms with Crippen LogP contribution in [0, 0.1) is 19.8 Å². The van der Waals surface area contributed by atoms with Gasteiger partial charge in [-0.2, -0.15) is 0 Å². The van der Waals surface area contributed by atoms with Gasteiger partial charge in [0.1, 0.15) is 0 Å². The first-order chi connectivity index (χ1) is 10.5. The number of ether oxygens (including phenoxy) is 1. The summed E-state index contributed by atoms with van der Waals surface area (Å²) in [6.07, 6.45) is 0. The summed E-state index contributed by atoms with van der Waals surface area (Å²) in [4.78, 5) is 17.6. The summed E-state index contributed by atoms with van der Waals surface area (Å²) in [6.45, 7) is 6.61. The van der Waals surface area contributed by atoms with Crippen molar-refractivity contribution in [3.63, 3.8) is 0 Å². The third-order valence-electron chi connectivity index (χ3n) is 3.71. The second-order valence-corrected chi connectivity index (χ2v) is 6.61. The number of carbonyl (C=O) groups excluding carboxylic acids is 1. The Labute approximate surface area is 135 Å². The minimum Gasteiger partial charge on any atom is -0.469 e. The standard InChI is InChI=1S/C17H22N2O2S/c1-11(17(20)21-4)16(14-8-6-5-7-9-14)18-10-15-12(2)19-13(3)22-15/h5-9,11,16,18H,10H2,1-4H3/t11-,16-/m0/s1. The smallest absolute Gasteiger partial charge is 0.310 e. The Morgan fingerprint density at radius 1 is 1.32 bits per heavy atom. The van der Waals surface area contributed by atoms with Crippen LogP contribution in [0.1, 0.15) is 34.1 Å². The van der Waals surface area contributed by atoms with E-state index in [9.17, 15) is 4.79 Å². The van der Waals surface area contributed by atoms with E-state index in [2.05, 4.69) is 10.3 Å². The zero-order valence-electron chi connectivity index (χ0n) is 13.4. The summed E-state index contributed by atoms with van der Waals surface area (Å²) in [6, 6.07) is 9.91. The molecule has 0 radical (unpaired) electrons. The Hall–Kier alpha value is -1.72. The third-order valence-corrected chi connectivity index (χ3v) is 4.79. The summed E-state index contributed by atoms with van der Waals surface area (Å²) in [5.74, 6) is -0.472. The van der Waals surface area contributed by atoms with E-state index in [1.807, 2.05) is 51.1 Å². The fraction of sp³-hybridized carbons (Fsp3) is 0.412. The van der Waals surface area contributed by atoms with Gasteiger partial charge in [-0.15, -0.1) is 11.3 Å². The number of benzene rings is 1. The third kappa shape index (κ3) is 3.93. The number of thiazole rings is 1. The zero-order valence-corrected chi connectivity index (χ0v) is 14.2. The summed E-state index contributed by atoms with van der Waals surface area (Å²) in [5, 5.41) is 4.55. The Balaban J connectivity index is 2.18. The molecule has 2 atom stereocenters. The summed E-state index contributed by atoms with van der Waals surface area (Å²) in [7, 11) is 1.43. The van der Waals surface area contributed by atoms with Crippen LogP contribution in [0.3, 0.4) is 0 Å². The van der Waals surface area contributed by atoms with E-state index in [1.165, 1.54) is 12.0 Å². The van der Waals surface area contributed by atoms with E-state index in [-0.39, 0.29) is 17.9 Å². The van der Waals surface area contributed by atoms with E-state index in [4.69, 9.17) is 4.74 Å². The Bertz CT molecular complexity index is 625. The topological polar surface area (TPSA) is 51.2 Å². The van der Waals surface area contributed by atoms with Gasteiger partial charge in [0.2, 0.25) is 0 Å². The van der Waals surface area contributed by atoms with Crippen molar-refractivity contribution in [1.82, 2.24) is 10.3 Å². The molecule has 1 aromatic heterocycles. The minimum atomic E-state index is -0.262. The molecule has 0 spiro atoms. The van der Waals surface area contributed by atoms with Crippen LogP contribution in [0.2, 0.25) is 0 Å². The van der Waals surface area contributed by atoms with Gasteiger partial charge in [-0.3, -0.25) is 4.79 Å². The highest BCUT2D eigenvalue weighted by Gasteiger charge is 2.26. The molecule has 0 unspecified atom stereocenters. The average Bonchev–Trinajstić information content (AvgIpc) is 2.85. The molecular formula is C17H22N2O2S. The number of nitrogens with one attached hydrogen (secondary N) is 1. The van der Waals surface area contributed by atoms with Gasteiger partial charge in [-0.1, -0.05) is 37.3 Å². The van der Waals surface area contributed by atoms with E-state index >= 15 is 0 Å². The van der Waals surface area contributed by atoms with Gasteiger partial charge < -0.3 is 10.1 Å². The molecule has 1 aromatic carbocycles. The number of aromatic nitrogens is 1. The average molecular weight is 318 g/mol. The fourth-order valence-corrected chi connectivity index (χ4v) is 3.39. The maximum absolute atomic E-state index is 11.9. The molecule has 22 heavy (non-hydrogen) atoms. The number of carbonyl (C=O) groups is 1. The highest BCUT2D eigenvalue weighted by molar-refractivity contribution is 7.11. The predicted octanol–water partition coefficient (Wildman–Crippen LogP) is 3.40. The molecular weight excluding hydrogens is 296 g/mol. The van der Waals surface area contributed by atoms with Gasteiger partial charge in [0.15, 0.2) is 0 Å². The lowest BCUT2D eigenvalue weighted by Crippen LogP contribution is -2.31. The van der Waals surface area contributed by atoms with E-state index in [0.717, 1.165) is 16.3 Å². The zero-order chi connectivity index (χ0) is 16.1. The van der Waals surface area contributed by atoms with Gasteiger partial charge in [0, 0.05) is 17.5 Å². The molecule has 1 N–H and O–H groups in total. The number of hydrogen-bond donors (Lipinski definition) is 1. The maximum Gasteiger partial charge on any atom is 0.310 e. The predicted molar refractivity (Wildman–Crippen MR) is 88.8 cm³/mol. The Kier molecular flexibility index (Phi) is 5.69. The monoisotopic (exact) mass is 318 g/mol. The van der Waals surface area contributed by atoms with Gasteiger partial charge in [-0.05, 0) is 19.4 Å². The van der Waals surface area contributed by atoms with Crippen molar-refractivity contribution in [3.05, 3.63) is 51.5 Å². The van der Waals surface area contributed by atoms with E-state index in [1.54, 1.807) is 11.3 Å². The highest BCUT2D eigenvalue weighted by atomic mass is 32.1. The van der Waals surface area contributed by atoms with Crippen LogP contribution in [0.4, 0.5) is 0 Å². The quantitative estimate of drug-likeness (QED) is 0.829. The minimum absolute atomic E-state index is 0.0875. The van der Waals surface area contributed by atoms with Crippen LogP contribution in [0.5, 0.6) is 0 Å². The number of esters is 1. The second-order valence-electron chi connectivity index (χ2n) is 5.32. The Morgan fingerprint density at radius 3 is 2.55 bits per heavy atom. The number of aryl methyl sites for hydroxylation is 2. The fourth-order valence-electron chi connectivity index (χ4n) is 2.51. The molecule has 4 nitrogen and oxygen atoms in total.